The van der Waals surface area contributed by atoms with Crippen molar-refractivity contribution >= 4 is 26.0 Å². The summed E-state index contributed by atoms with van der Waals surface area (Å²) in [6, 6.07) is 5.16. The van der Waals surface area contributed by atoms with Crippen molar-refractivity contribution < 1.29 is 8.42 Å². The number of hydrogen-bond donors (Lipinski definition) is 1. The van der Waals surface area contributed by atoms with Gasteiger partial charge in [-0.2, -0.15) is 0 Å². The van der Waals surface area contributed by atoms with Crippen LogP contribution in [-0.2, 0) is 10.0 Å². The van der Waals surface area contributed by atoms with E-state index < -0.39 is 10.0 Å². The molecule has 2 fully saturated rings. The van der Waals surface area contributed by atoms with Crippen LogP contribution in [0.1, 0.15) is 31.2 Å². The summed E-state index contributed by atoms with van der Waals surface area (Å²) in [7, 11) is -3.37. The molecular formula is C15H20BrNO2S. The van der Waals surface area contributed by atoms with Gasteiger partial charge in [0.15, 0.2) is 0 Å². The first kappa shape index (κ1) is 14.5. The minimum atomic E-state index is -3.37. The van der Waals surface area contributed by atoms with E-state index in [4.69, 9.17) is 0 Å². The van der Waals surface area contributed by atoms with Crippen molar-refractivity contribution in [2.24, 2.45) is 17.8 Å². The number of benzene rings is 1. The van der Waals surface area contributed by atoms with Crippen molar-refractivity contribution in [1.29, 1.82) is 0 Å². The summed E-state index contributed by atoms with van der Waals surface area (Å²) in [5, 5.41) is 0. The first-order chi connectivity index (χ1) is 9.45. The zero-order chi connectivity index (χ0) is 14.3. The van der Waals surface area contributed by atoms with Crippen LogP contribution in [0.3, 0.4) is 0 Å². The zero-order valence-electron chi connectivity index (χ0n) is 11.6. The molecule has 3 atom stereocenters. The highest BCUT2D eigenvalue weighted by molar-refractivity contribution is 9.10. The Bertz CT molecular complexity index is 614. The van der Waals surface area contributed by atoms with Gasteiger partial charge in [-0.3, -0.25) is 0 Å². The predicted molar refractivity (Wildman–Crippen MR) is 83.0 cm³/mol. The number of rotatable bonds is 4. The topological polar surface area (TPSA) is 46.2 Å². The van der Waals surface area contributed by atoms with Crippen LogP contribution < -0.4 is 4.72 Å². The number of sulfonamides is 1. The van der Waals surface area contributed by atoms with E-state index in [0.29, 0.717) is 17.4 Å². The molecule has 1 aromatic carbocycles. The molecule has 2 aliphatic carbocycles. The third-order valence-electron chi connectivity index (χ3n) is 4.86. The summed E-state index contributed by atoms with van der Waals surface area (Å²) in [5.41, 5.74) is 0.938. The van der Waals surface area contributed by atoms with E-state index in [0.717, 1.165) is 21.9 Å². The monoisotopic (exact) mass is 357 g/mol. The Morgan fingerprint density at radius 2 is 2.10 bits per heavy atom. The molecule has 110 valence electrons. The largest absolute Gasteiger partial charge is 0.240 e. The van der Waals surface area contributed by atoms with E-state index >= 15 is 0 Å². The molecule has 5 heteroatoms. The molecule has 3 nitrogen and oxygen atoms in total. The Balaban J connectivity index is 1.68. The van der Waals surface area contributed by atoms with Gasteiger partial charge in [0, 0.05) is 11.0 Å². The summed E-state index contributed by atoms with van der Waals surface area (Å²) >= 11 is 3.40. The molecule has 0 saturated heterocycles. The average molecular weight is 358 g/mol. The summed E-state index contributed by atoms with van der Waals surface area (Å²) in [4.78, 5) is 0.362. The lowest BCUT2D eigenvalue weighted by Crippen LogP contribution is -2.31. The third-order valence-corrected chi connectivity index (χ3v) is 7.17. The standard InChI is InChI=1S/C15H20BrNO2S/c1-10-6-14(4-5-15(10)16)20(18,19)17-9-13-8-11-2-3-12(13)7-11/h4-6,11-13,17H,2-3,7-9H2,1H3. The number of fused-ring (bicyclic) bond motifs is 2. The van der Waals surface area contributed by atoms with Crippen LogP contribution in [0.25, 0.3) is 0 Å². The van der Waals surface area contributed by atoms with Gasteiger partial charge in [0.2, 0.25) is 10.0 Å². The second kappa shape index (κ2) is 5.43. The molecule has 20 heavy (non-hydrogen) atoms. The van der Waals surface area contributed by atoms with E-state index in [1.54, 1.807) is 18.2 Å². The molecule has 3 rings (SSSR count). The smallest absolute Gasteiger partial charge is 0.211 e. The summed E-state index contributed by atoms with van der Waals surface area (Å²) in [6.07, 6.45) is 5.14. The summed E-state index contributed by atoms with van der Waals surface area (Å²) < 4.78 is 28.4. The Hall–Kier alpha value is -0.390. The number of hydrogen-bond acceptors (Lipinski definition) is 2. The molecule has 0 amide bonds. The van der Waals surface area contributed by atoms with Gasteiger partial charge in [-0.15, -0.1) is 0 Å². The van der Waals surface area contributed by atoms with Gasteiger partial charge in [0.05, 0.1) is 4.90 Å². The van der Waals surface area contributed by atoms with E-state index in [1.165, 1.54) is 25.7 Å². The van der Waals surface area contributed by atoms with Gasteiger partial charge < -0.3 is 0 Å². The second-order valence-corrected chi connectivity index (χ2v) is 8.82. The van der Waals surface area contributed by atoms with Crippen molar-refractivity contribution in [1.82, 2.24) is 4.72 Å². The highest BCUT2D eigenvalue weighted by Crippen LogP contribution is 2.48. The summed E-state index contributed by atoms with van der Waals surface area (Å²) in [6.45, 7) is 2.50. The van der Waals surface area contributed by atoms with Gasteiger partial charge in [-0.25, -0.2) is 13.1 Å². The Morgan fingerprint density at radius 1 is 1.30 bits per heavy atom. The van der Waals surface area contributed by atoms with E-state index in [-0.39, 0.29) is 0 Å². The molecule has 0 spiro atoms. The molecule has 2 aliphatic rings. The minimum Gasteiger partial charge on any atom is -0.211 e. The predicted octanol–water partition coefficient (Wildman–Crippen LogP) is 3.47. The Labute approximate surface area is 129 Å². The Morgan fingerprint density at radius 3 is 2.70 bits per heavy atom. The van der Waals surface area contributed by atoms with Crippen molar-refractivity contribution in [3.8, 4) is 0 Å². The molecule has 3 unspecified atom stereocenters. The molecule has 1 N–H and O–H groups in total. The van der Waals surface area contributed by atoms with Gasteiger partial charge in [0.25, 0.3) is 0 Å². The van der Waals surface area contributed by atoms with Crippen molar-refractivity contribution in [2.75, 3.05) is 6.54 Å². The molecule has 0 aromatic heterocycles. The van der Waals surface area contributed by atoms with Crippen LogP contribution in [0, 0.1) is 24.7 Å². The first-order valence-electron chi connectivity index (χ1n) is 7.21. The average Bonchev–Trinajstić information content (AvgIpc) is 3.02. The quantitative estimate of drug-likeness (QED) is 0.896. The first-order valence-corrected chi connectivity index (χ1v) is 9.49. The van der Waals surface area contributed by atoms with Crippen LogP contribution in [-0.4, -0.2) is 15.0 Å². The fourth-order valence-electron chi connectivity index (χ4n) is 3.71. The van der Waals surface area contributed by atoms with Crippen LogP contribution >= 0.6 is 15.9 Å². The van der Waals surface area contributed by atoms with Crippen LogP contribution in [0.5, 0.6) is 0 Å². The fourth-order valence-corrected chi connectivity index (χ4v) is 5.14. The molecule has 0 aliphatic heterocycles. The van der Waals surface area contributed by atoms with Gasteiger partial charge in [0.1, 0.15) is 0 Å². The second-order valence-electron chi connectivity index (χ2n) is 6.20. The molecule has 2 bridgehead atoms. The van der Waals surface area contributed by atoms with Crippen LogP contribution in [0.4, 0.5) is 0 Å². The van der Waals surface area contributed by atoms with E-state index in [1.807, 2.05) is 6.92 Å². The normalized spacial score (nSPS) is 29.0. The molecule has 0 heterocycles. The maximum atomic E-state index is 12.3. The van der Waals surface area contributed by atoms with Crippen molar-refractivity contribution in [3.05, 3.63) is 28.2 Å². The minimum absolute atomic E-state index is 0.362. The van der Waals surface area contributed by atoms with E-state index in [2.05, 4.69) is 20.7 Å². The lowest BCUT2D eigenvalue weighted by atomic mass is 9.89. The lowest BCUT2D eigenvalue weighted by molar-refractivity contribution is 0.333. The van der Waals surface area contributed by atoms with Gasteiger partial charge in [-0.1, -0.05) is 22.4 Å². The van der Waals surface area contributed by atoms with Gasteiger partial charge >= 0.3 is 0 Å². The maximum Gasteiger partial charge on any atom is 0.240 e. The molecule has 1 aromatic rings. The molecule has 0 radical (unpaired) electrons. The third kappa shape index (κ3) is 2.81. The number of aryl methyl sites for hydroxylation is 1. The Kier molecular flexibility index (Phi) is 3.95. The fraction of sp³-hybridized carbons (Fsp3) is 0.600. The van der Waals surface area contributed by atoms with Crippen LogP contribution in [0.15, 0.2) is 27.6 Å². The SMILES string of the molecule is Cc1cc(S(=O)(=O)NCC2CC3CCC2C3)ccc1Br. The highest BCUT2D eigenvalue weighted by Gasteiger charge is 2.39. The molecular weight excluding hydrogens is 338 g/mol. The molecule has 2 saturated carbocycles. The lowest BCUT2D eigenvalue weighted by Gasteiger charge is -2.21. The number of halogens is 1. The van der Waals surface area contributed by atoms with Crippen molar-refractivity contribution in [2.45, 2.75) is 37.5 Å². The maximum absolute atomic E-state index is 12.3. The van der Waals surface area contributed by atoms with Crippen molar-refractivity contribution in [3.63, 3.8) is 0 Å². The van der Waals surface area contributed by atoms with Gasteiger partial charge in [-0.05, 0) is 67.7 Å². The number of nitrogens with one attached hydrogen (secondary N) is 1. The summed E-state index contributed by atoms with van der Waals surface area (Å²) in [5.74, 6) is 2.14. The highest BCUT2D eigenvalue weighted by atomic mass is 79.9. The van der Waals surface area contributed by atoms with E-state index in [9.17, 15) is 8.42 Å². The van der Waals surface area contributed by atoms with Crippen LogP contribution in [0.2, 0.25) is 0 Å². The zero-order valence-corrected chi connectivity index (χ0v) is 14.0.